The number of ether oxygens (including phenoxy) is 1. The Bertz CT molecular complexity index is 713. The third-order valence-corrected chi connectivity index (χ3v) is 3.11. The normalized spacial score (nSPS) is 10.8. The molecule has 3 aromatic rings. The van der Waals surface area contributed by atoms with Crippen LogP contribution in [0.3, 0.4) is 0 Å². The van der Waals surface area contributed by atoms with E-state index in [0.29, 0.717) is 6.61 Å². The van der Waals surface area contributed by atoms with Crippen LogP contribution < -0.4 is 4.74 Å². The maximum absolute atomic E-state index is 9.52. The van der Waals surface area contributed by atoms with Gasteiger partial charge in [0, 0.05) is 10.9 Å². The van der Waals surface area contributed by atoms with Gasteiger partial charge in [-0.05, 0) is 36.8 Å². The van der Waals surface area contributed by atoms with Crippen LogP contribution in [0, 0.1) is 6.92 Å². The first kappa shape index (κ1) is 11.7. The van der Waals surface area contributed by atoms with Crippen molar-refractivity contribution in [1.82, 2.24) is 0 Å². The molecule has 19 heavy (non-hydrogen) atoms. The molecule has 0 aliphatic carbocycles. The van der Waals surface area contributed by atoms with Crippen LogP contribution in [0.2, 0.25) is 0 Å². The van der Waals surface area contributed by atoms with E-state index >= 15 is 0 Å². The van der Waals surface area contributed by atoms with Crippen LogP contribution in [-0.4, -0.2) is 5.11 Å². The topological polar surface area (TPSA) is 42.6 Å². The molecule has 0 fully saturated rings. The average Bonchev–Trinajstić information content (AvgIpc) is 2.80. The molecule has 3 rings (SSSR count). The van der Waals surface area contributed by atoms with Crippen molar-refractivity contribution < 1.29 is 14.3 Å². The van der Waals surface area contributed by atoms with Gasteiger partial charge >= 0.3 is 0 Å². The number of rotatable bonds is 3. The SMILES string of the molecule is Cc1ccccc1OCc1coc2ccc(O)cc12. The summed E-state index contributed by atoms with van der Waals surface area (Å²) in [6.07, 6.45) is 1.67. The van der Waals surface area contributed by atoms with Gasteiger partial charge in [0.05, 0.1) is 6.26 Å². The summed E-state index contributed by atoms with van der Waals surface area (Å²) in [6, 6.07) is 12.9. The summed E-state index contributed by atoms with van der Waals surface area (Å²) < 4.78 is 11.2. The van der Waals surface area contributed by atoms with Gasteiger partial charge in [-0.3, -0.25) is 0 Å². The number of hydrogen-bond donors (Lipinski definition) is 1. The quantitative estimate of drug-likeness (QED) is 0.767. The van der Waals surface area contributed by atoms with Gasteiger partial charge in [0.15, 0.2) is 0 Å². The van der Waals surface area contributed by atoms with Gasteiger partial charge in [0.1, 0.15) is 23.7 Å². The number of phenols is 1. The molecule has 0 aliphatic heterocycles. The van der Waals surface area contributed by atoms with Gasteiger partial charge in [0.2, 0.25) is 0 Å². The van der Waals surface area contributed by atoms with Crippen molar-refractivity contribution in [2.45, 2.75) is 13.5 Å². The van der Waals surface area contributed by atoms with E-state index in [2.05, 4.69) is 0 Å². The highest BCUT2D eigenvalue weighted by atomic mass is 16.5. The zero-order valence-electron chi connectivity index (χ0n) is 10.6. The van der Waals surface area contributed by atoms with Gasteiger partial charge in [0.25, 0.3) is 0 Å². The van der Waals surface area contributed by atoms with Crippen molar-refractivity contribution in [3.8, 4) is 11.5 Å². The molecule has 2 aromatic carbocycles. The number of aryl methyl sites for hydroxylation is 1. The van der Waals surface area contributed by atoms with Crippen LogP contribution in [0.1, 0.15) is 11.1 Å². The van der Waals surface area contributed by atoms with Crippen molar-refractivity contribution in [2.24, 2.45) is 0 Å². The maximum Gasteiger partial charge on any atom is 0.134 e. The highest BCUT2D eigenvalue weighted by Crippen LogP contribution is 2.26. The number of para-hydroxylation sites is 1. The Morgan fingerprint density at radius 3 is 2.84 bits per heavy atom. The molecule has 0 aliphatic rings. The first-order chi connectivity index (χ1) is 9.24. The van der Waals surface area contributed by atoms with Crippen molar-refractivity contribution in [3.05, 3.63) is 59.9 Å². The minimum absolute atomic E-state index is 0.228. The lowest BCUT2D eigenvalue weighted by molar-refractivity contribution is 0.304. The number of fused-ring (bicyclic) bond motifs is 1. The van der Waals surface area contributed by atoms with E-state index in [0.717, 1.165) is 27.8 Å². The third-order valence-electron chi connectivity index (χ3n) is 3.11. The van der Waals surface area contributed by atoms with E-state index in [4.69, 9.17) is 9.15 Å². The molecular weight excluding hydrogens is 240 g/mol. The predicted molar refractivity (Wildman–Crippen MR) is 73.4 cm³/mol. The number of furan rings is 1. The zero-order valence-corrected chi connectivity index (χ0v) is 10.6. The van der Waals surface area contributed by atoms with Gasteiger partial charge in [-0.15, -0.1) is 0 Å². The Kier molecular flexibility index (Phi) is 2.88. The molecule has 0 bridgehead atoms. The number of aromatic hydroxyl groups is 1. The minimum Gasteiger partial charge on any atom is -0.508 e. The molecule has 3 heteroatoms. The fourth-order valence-electron chi connectivity index (χ4n) is 2.06. The molecule has 0 unspecified atom stereocenters. The second kappa shape index (κ2) is 4.69. The van der Waals surface area contributed by atoms with Crippen LogP contribution in [0.25, 0.3) is 11.0 Å². The van der Waals surface area contributed by atoms with E-state index in [1.165, 1.54) is 0 Å². The largest absolute Gasteiger partial charge is 0.508 e. The Morgan fingerprint density at radius 2 is 2.00 bits per heavy atom. The Balaban J connectivity index is 1.86. The van der Waals surface area contributed by atoms with Gasteiger partial charge in [-0.25, -0.2) is 0 Å². The fourth-order valence-corrected chi connectivity index (χ4v) is 2.06. The lowest BCUT2D eigenvalue weighted by Gasteiger charge is -2.07. The predicted octanol–water partition coefficient (Wildman–Crippen LogP) is 4.03. The van der Waals surface area contributed by atoms with Gasteiger partial charge in [-0.1, -0.05) is 18.2 Å². The molecule has 0 radical (unpaired) electrons. The second-order valence-corrected chi connectivity index (χ2v) is 4.50. The molecule has 96 valence electrons. The van der Waals surface area contributed by atoms with Crippen LogP contribution in [0.5, 0.6) is 11.5 Å². The fraction of sp³-hybridized carbons (Fsp3) is 0.125. The molecule has 0 amide bonds. The molecule has 0 saturated carbocycles. The summed E-state index contributed by atoms with van der Waals surface area (Å²) >= 11 is 0. The molecule has 1 heterocycles. The van der Waals surface area contributed by atoms with Crippen LogP contribution >= 0.6 is 0 Å². The second-order valence-electron chi connectivity index (χ2n) is 4.50. The van der Waals surface area contributed by atoms with Gasteiger partial charge in [-0.2, -0.15) is 0 Å². The molecule has 3 nitrogen and oxygen atoms in total. The maximum atomic E-state index is 9.52. The average molecular weight is 254 g/mol. The summed E-state index contributed by atoms with van der Waals surface area (Å²) in [4.78, 5) is 0. The van der Waals surface area contributed by atoms with Crippen molar-refractivity contribution in [1.29, 1.82) is 0 Å². The lowest BCUT2D eigenvalue weighted by Crippen LogP contribution is -1.95. The molecule has 1 aromatic heterocycles. The van der Waals surface area contributed by atoms with E-state index < -0.39 is 0 Å². The lowest BCUT2D eigenvalue weighted by atomic mass is 10.2. The van der Waals surface area contributed by atoms with Crippen LogP contribution in [0.4, 0.5) is 0 Å². The number of hydrogen-bond acceptors (Lipinski definition) is 3. The minimum atomic E-state index is 0.228. The summed E-state index contributed by atoms with van der Waals surface area (Å²) in [5.41, 5.74) is 2.77. The Labute approximate surface area is 111 Å². The summed E-state index contributed by atoms with van der Waals surface area (Å²) in [6.45, 7) is 2.43. The van der Waals surface area contributed by atoms with Crippen molar-refractivity contribution in [2.75, 3.05) is 0 Å². The molecular formula is C16H14O3. The highest BCUT2D eigenvalue weighted by Gasteiger charge is 2.08. The number of phenolic OH excluding ortho intramolecular Hbond substituents is 1. The summed E-state index contributed by atoms with van der Waals surface area (Å²) in [7, 11) is 0. The van der Waals surface area contributed by atoms with E-state index in [-0.39, 0.29) is 5.75 Å². The smallest absolute Gasteiger partial charge is 0.134 e. The molecule has 0 saturated heterocycles. The number of benzene rings is 2. The first-order valence-electron chi connectivity index (χ1n) is 6.11. The standard InChI is InChI=1S/C16H14O3/c1-11-4-2-3-5-15(11)18-9-12-10-19-16-7-6-13(17)8-14(12)16/h2-8,10,17H,9H2,1H3. The highest BCUT2D eigenvalue weighted by molar-refractivity contribution is 5.82. The Hall–Kier alpha value is -2.42. The van der Waals surface area contributed by atoms with Crippen LogP contribution in [0.15, 0.2) is 53.1 Å². The van der Waals surface area contributed by atoms with E-state index in [1.54, 1.807) is 24.5 Å². The van der Waals surface area contributed by atoms with Crippen molar-refractivity contribution >= 4 is 11.0 Å². The van der Waals surface area contributed by atoms with Crippen molar-refractivity contribution in [3.63, 3.8) is 0 Å². The van der Waals surface area contributed by atoms with Gasteiger partial charge < -0.3 is 14.3 Å². The Morgan fingerprint density at radius 1 is 1.16 bits per heavy atom. The first-order valence-corrected chi connectivity index (χ1v) is 6.11. The molecule has 1 N–H and O–H groups in total. The monoisotopic (exact) mass is 254 g/mol. The van der Waals surface area contributed by atoms with E-state index in [9.17, 15) is 5.11 Å². The van der Waals surface area contributed by atoms with Crippen LogP contribution in [-0.2, 0) is 6.61 Å². The van der Waals surface area contributed by atoms with E-state index in [1.807, 2.05) is 31.2 Å². The molecule has 0 atom stereocenters. The summed E-state index contributed by atoms with van der Waals surface area (Å²) in [5, 5.41) is 10.4. The third kappa shape index (κ3) is 2.27. The summed E-state index contributed by atoms with van der Waals surface area (Å²) in [5.74, 6) is 1.09. The molecule has 0 spiro atoms. The zero-order chi connectivity index (χ0) is 13.2.